The molecule has 2 N–H and O–H groups in total. The summed E-state index contributed by atoms with van der Waals surface area (Å²) in [4.78, 5) is 11.7. The molecular weight excluding hydrogens is 278 g/mol. The minimum Gasteiger partial charge on any atom is -0.326 e. The van der Waals surface area contributed by atoms with Gasteiger partial charge in [-0.25, -0.2) is 4.39 Å². The van der Waals surface area contributed by atoms with E-state index in [1.807, 2.05) is 0 Å². The van der Waals surface area contributed by atoms with Crippen LogP contribution in [-0.4, -0.2) is 18.5 Å². The number of rotatable bonds is 3. The van der Waals surface area contributed by atoms with Gasteiger partial charge in [0.15, 0.2) is 0 Å². The van der Waals surface area contributed by atoms with Crippen LogP contribution in [0.4, 0.5) is 10.1 Å². The fourth-order valence-electron chi connectivity index (χ4n) is 1.94. The lowest BCUT2D eigenvalue weighted by atomic mass is 10.1. The number of carbonyl (C=O) groups is 1. The van der Waals surface area contributed by atoms with Gasteiger partial charge >= 0.3 is 0 Å². The summed E-state index contributed by atoms with van der Waals surface area (Å²) in [5, 5.41) is 5.97. The van der Waals surface area contributed by atoms with E-state index < -0.39 is 5.82 Å². The molecule has 3 nitrogen and oxygen atoms in total. The van der Waals surface area contributed by atoms with E-state index in [0.29, 0.717) is 12.1 Å². The largest absolute Gasteiger partial charge is 0.326 e. The Balaban J connectivity index is 0.00000162. The number of hydrogen-bond donors (Lipinski definition) is 2. The highest BCUT2D eigenvalue weighted by Crippen LogP contribution is 2.19. The zero-order valence-electron chi connectivity index (χ0n) is 9.71. The van der Waals surface area contributed by atoms with Crippen molar-refractivity contribution in [1.82, 2.24) is 5.32 Å². The Morgan fingerprint density at radius 2 is 2.33 bits per heavy atom. The van der Waals surface area contributed by atoms with Crippen molar-refractivity contribution >= 4 is 35.6 Å². The van der Waals surface area contributed by atoms with Gasteiger partial charge in [0.05, 0.1) is 5.02 Å². The number of anilines is 1. The predicted octanol–water partition coefficient (Wildman–Crippen LogP) is 2.98. The maximum absolute atomic E-state index is 12.9. The highest BCUT2D eigenvalue weighted by atomic mass is 35.5. The van der Waals surface area contributed by atoms with Crippen LogP contribution >= 0.6 is 24.0 Å². The van der Waals surface area contributed by atoms with E-state index in [9.17, 15) is 9.18 Å². The first-order chi connectivity index (χ1) is 8.15. The SMILES string of the molecule is Cl.O=C(CC1CCCN1)Nc1ccc(F)c(Cl)c1. The van der Waals surface area contributed by atoms with Crippen LogP contribution in [0.1, 0.15) is 19.3 Å². The Hall–Kier alpha value is -0.840. The summed E-state index contributed by atoms with van der Waals surface area (Å²) in [5.74, 6) is -0.561. The molecule has 6 heteroatoms. The third kappa shape index (κ3) is 4.12. The van der Waals surface area contributed by atoms with Gasteiger partial charge < -0.3 is 10.6 Å². The number of nitrogens with one attached hydrogen (secondary N) is 2. The molecule has 0 aliphatic carbocycles. The molecule has 2 rings (SSSR count). The fraction of sp³-hybridized carbons (Fsp3) is 0.417. The third-order valence-corrected chi connectivity index (χ3v) is 3.09. The summed E-state index contributed by atoms with van der Waals surface area (Å²) in [6.45, 7) is 0.973. The molecule has 1 aromatic rings. The van der Waals surface area contributed by atoms with Crippen LogP contribution in [-0.2, 0) is 4.79 Å². The lowest BCUT2D eigenvalue weighted by Crippen LogP contribution is -2.27. The zero-order valence-corrected chi connectivity index (χ0v) is 11.3. The van der Waals surface area contributed by atoms with Crippen LogP contribution in [0.25, 0.3) is 0 Å². The fourth-order valence-corrected chi connectivity index (χ4v) is 2.12. The second kappa shape index (κ2) is 6.92. The molecule has 0 spiro atoms. The van der Waals surface area contributed by atoms with E-state index in [2.05, 4.69) is 10.6 Å². The van der Waals surface area contributed by atoms with Crippen LogP contribution < -0.4 is 10.6 Å². The van der Waals surface area contributed by atoms with Crippen molar-refractivity contribution in [2.75, 3.05) is 11.9 Å². The average molecular weight is 293 g/mol. The molecule has 0 saturated carbocycles. The third-order valence-electron chi connectivity index (χ3n) is 2.80. The molecule has 1 saturated heterocycles. The summed E-state index contributed by atoms with van der Waals surface area (Å²) < 4.78 is 12.9. The van der Waals surface area contributed by atoms with Crippen LogP contribution in [0, 0.1) is 5.82 Å². The number of hydrogen-bond acceptors (Lipinski definition) is 2. The number of benzene rings is 1. The molecule has 0 aromatic heterocycles. The first-order valence-corrected chi connectivity index (χ1v) is 6.01. The van der Waals surface area contributed by atoms with Gasteiger partial charge in [-0.05, 0) is 37.6 Å². The molecule has 1 aromatic carbocycles. The van der Waals surface area contributed by atoms with Crippen LogP contribution in [0.5, 0.6) is 0 Å². The molecule has 100 valence electrons. The van der Waals surface area contributed by atoms with Crippen molar-refractivity contribution < 1.29 is 9.18 Å². The van der Waals surface area contributed by atoms with Gasteiger partial charge in [0.2, 0.25) is 5.91 Å². The molecule has 1 unspecified atom stereocenters. The van der Waals surface area contributed by atoms with Crippen LogP contribution in [0.15, 0.2) is 18.2 Å². The van der Waals surface area contributed by atoms with Crippen molar-refractivity contribution in [2.45, 2.75) is 25.3 Å². The van der Waals surface area contributed by atoms with E-state index in [0.717, 1.165) is 19.4 Å². The zero-order chi connectivity index (χ0) is 12.3. The van der Waals surface area contributed by atoms with E-state index >= 15 is 0 Å². The molecule has 1 amide bonds. The molecule has 1 fully saturated rings. The maximum atomic E-state index is 12.9. The second-order valence-corrected chi connectivity index (χ2v) is 4.58. The van der Waals surface area contributed by atoms with E-state index in [1.54, 1.807) is 0 Å². The molecule has 1 aliphatic heterocycles. The van der Waals surface area contributed by atoms with E-state index in [4.69, 9.17) is 11.6 Å². The summed E-state index contributed by atoms with van der Waals surface area (Å²) in [6.07, 6.45) is 2.58. The summed E-state index contributed by atoms with van der Waals surface area (Å²) in [7, 11) is 0. The lowest BCUT2D eigenvalue weighted by molar-refractivity contribution is -0.116. The molecular formula is C12H15Cl2FN2O. The van der Waals surface area contributed by atoms with Crippen molar-refractivity contribution in [3.05, 3.63) is 29.0 Å². The Morgan fingerprint density at radius 3 is 2.94 bits per heavy atom. The Bertz CT molecular complexity index is 423. The first kappa shape index (κ1) is 15.2. The monoisotopic (exact) mass is 292 g/mol. The highest BCUT2D eigenvalue weighted by Gasteiger charge is 2.17. The van der Waals surface area contributed by atoms with Gasteiger partial charge in [-0.15, -0.1) is 12.4 Å². The van der Waals surface area contributed by atoms with Crippen LogP contribution in [0.2, 0.25) is 5.02 Å². The minimum atomic E-state index is -0.484. The van der Waals surface area contributed by atoms with Crippen molar-refractivity contribution in [3.63, 3.8) is 0 Å². The first-order valence-electron chi connectivity index (χ1n) is 5.63. The van der Waals surface area contributed by atoms with Gasteiger partial charge in [0.25, 0.3) is 0 Å². The van der Waals surface area contributed by atoms with E-state index in [1.165, 1.54) is 18.2 Å². The van der Waals surface area contributed by atoms with E-state index in [-0.39, 0.29) is 29.4 Å². The van der Waals surface area contributed by atoms with Crippen LogP contribution in [0.3, 0.4) is 0 Å². The number of carbonyl (C=O) groups excluding carboxylic acids is 1. The molecule has 0 bridgehead atoms. The topological polar surface area (TPSA) is 41.1 Å². The van der Waals surface area contributed by atoms with Gasteiger partial charge in [-0.3, -0.25) is 4.79 Å². The van der Waals surface area contributed by atoms with Gasteiger partial charge in [-0.1, -0.05) is 11.6 Å². The summed E-state index contributed by atoms with van der Waals surface area (Å²) in [5.41, 5.74) is 0.527. The Kier molecular flexibility index (Phi) is 5.85. The average Bonchev–Trinajstić information content (AvgIpc) is 2.76. The smallest absolute Gasteiger partial charge is 0.225 e. The normalized spacial score (nSPS) is 18.2. The van der Waals surface area contributed by atoms with Crippen molar-refractivity contribution in [3.8, 4) is 0 Å². The summed E-state index contributed by atoms with van der Waals surface area (Å²) >= 11 is 5.63. The van der Waals surface area contributed by atoms with Gasteiger partial charge in [-0.2, -0.15) is 0 Å². The number of halogens is 3. The predicted molar refractivity (Wildman–Crippen MR) is 72.9 cm³/mol. The molecule has 18 heavy (non-hydrogen) atoms. The molecule has 1 aliphatic rings. The number of amides is 1. The highest BCUT2D eigenvalue weighted by molar-refractivity contribution is 6.31. The summed E-state index contributed by atoms with van der Waals surface area (Å²) in [6, 6.07) is 4.41. The Morgan fingerprint density at radius 1 is 1.56 bits per heavy atom. The van der Waals surface area contributed by atoms with Gasteiger partial charge in [0, 0.05) is 18.2 Å². The van der Waals surface area contributed by atoms with Crippen molar-refractivity contribution in [1.29, 1.82) is 0 Å². The van der Waals surface area contributed by atoms with Gasteiger partial charge in [0.1, 0.15) is 5.82 Å². The van der Waals surface area contributed by atoms with Crippen molar-refractivity contribution in [2.24, 2.45) is 0 Å². The standard InChI is InChI=1S/C12H14ClFN2O.ClH/c13-10-6-9(3-4-11(10)14)16-12(17)7-8-2-1-5-15-8;/h3-4,6,8,15H,1-2,5,7H2,(H,16,17);1H. The lowest BCUT2D eigenvalue weighted by Gasteiger charge is -2.10. The Labute approximate surface area is 116 Å². The molecule has 0 radical (unpaired) electrons. The molecule has 1 atom stereocenters. The minimum absolute atomic E-state index is 0. The molecule has 1 heterocycles. The maximum Gasteiger partial charge on any atom is 0.225 e. The quantitative estimate of drug-likeness (QED) is 0.899. The second-order valence-electron chi connectivity index (χ2n) is 4.17.